The molecule has 1 aliphatic rings. The molecule has 0 aromatic carbocycles. The van der Waals surface area contributed by atoms with Gasteiger partial charge >= 0.3 is 0 Å². The molecule has 0 radical (unpaired) electrons. The average Bonchev–Trinajstić information content (AvgIpc) is 2.51. The van der Waals surface area contributed by atoms with Crippen molar-refractivity contribution in [3.63, 3.8) is 0 Å². The number of thioether (sulfide) groups is 1. The van der Waals surface area contributed by atoms with E-state index in [2.05, 4.69) is 35.6 Å². The monoisotopic (exact) mass is 213 g/mol. The van der Waals surface area contributed by atoms with Crippen LogP contribution in [0.1, 0.15) is 31.5 Å². The molecule has 2 rings (SSSR count). The largest absolute Gasteiger partial charge is 0.339 e. The molecule has 0 amide bonds. The van der Waals surface area contributed by atoms with E-state index in [1.54, 1.807) is 11.8 Å². The number of nitrogens with zero attached hydrogens (tertiary/aromatic N) is 2. The van der Waals surface area contributed by atoms with Gasteiger partial charge in [0.05, 0.1) is 10.7 Å². The molecular formula is C9H15N3OS. The molecule has 1 aromatic heterocycles. The molecule has 1 N–H and O–H groups in total. The fraction of sp³-hybridized carbons (Fsp3) is 0.778. The van der Waals surface area contributed by atoms with E-state index in [1.807, 2.05) is 0 Å². The van der Waals surface area contributed by atoms with Gasteiger partial charge in [-0.1, -0.05) is 5.16 Å². The Kier molecular flexibility index (Phi) is 2.53. The zero-order valence-electron chi connectivity index (χ0n) is 8.70. The highest BCUT2D eigenvalue weighted by atomic mass is 32.2. The van der Waals surface area contributed by atoms with Gasteiger partial charge in [0.25, 0.3) is 0 Å². The Morgan fingerprint density at radius 3 is 2.71 bits per heavy atom. The maximum absolute atomic E-state index is 5.24. The lowest BCUT2D eigenvalue weighted by Crippen LogP contribution is -2.40. The van der Waals surface area contributed by atoms with Crippen molar-refractivity contribution < 1.29 is 4.52 Å². The second-order valence-electron chi connectivity index (χ2n) is 4.03. The summed E-state index contributed by atoms with van der Waals surface area (Å²) in [5, 5.41) is 7.22. The zero-order valence-corrected chi connectivity index (χ0v) is 9.52. The predicted molar refractivity (Wildman–Crippen MR) is 56.4 cm³/mol. The van der Waals surface area contributed by atoms with E-state index < -0.39 is 0 Å². The predicted octanol–water partition coefficient (Wildman–Crippen LogP) is 1.35. The van der Waals surface area contributed by atoms with Crippen LogP contribution in [0.15, 0.2) is 4.52 Å². The normalized spacial score (nSPS) is 18.2. The van der Waals surface area contributed by atoms with Crippen molar-refractivity contribution in [1.29, 1.82) is 0 Å². The maximum Gasteiger partial charge on any atom is 0.232 e. The van der Waals surface area contributed by atoms with E-state index in [0.717, 1.165) is 24.8 Å². The third-order valence-corrected chi connectivity index (χ3v) is 3.82. The Bertz CT molecular complexity index is 320. The Morgan fingerprint density at radius 2 is 2.21 bits per heavy atom. The van der Waals surface area contributed by atoms with Crippen molar-refractivity contribution in [3.05, 3.63) is 11.7 Å². The molecule has 5 heteroatoms. The zero-order chi connectivity index (χ0) is 10.2. The van der Waals surface area contributed by atoms with Gasteiger partial charge in [-0.05, 0) is 20.1 Å². The highest BCUT2D eigenvalue weighted by molar-refractivity contribution is 7.99. The summed E-state index contributed by atoms with van der Waals surface area (Å²) in [5.74, 6) is 2.00. The summed E-state index contributed by atoms with van der Waals surface area (Å²) in [6, 6.07) is 0. The molecule has 0 saturated carbocycles. The molecule has 0 atom stereocenters. The SMILES string of the molecule is CSC(C)(C)c1noc(C2CNC2)n1. The minimum absolute atomic E-state index is 0.0566. The average molecular weight is 213 g/mol. The summed E-state index contributed by atoms with van der Waals surface area (Å²) in [6.07, 6.45) is 2.06. The summed E-state index contributed by atoms with van der Waals surface area (Å²) in [5.41, 5.74) is 0. The number of hydrogen-bond acceptors (Lipinski definition) is 5. The Labute approximate surface area is 87.8 Å². The standard InChI is InChI=1S/C9H15N3OS/c1-9(2,14-3)8-11-7(13-12-8)6-4-10-5-6/h6,10H,4-5H2,1-3H3. The number of nitrogens with one attached hydrogen (secondary N) is 1. The lowest BCUT2D eigenvalue weighted by molar-refractivity contribution is 0.305. The number of rotatable bonds is 3. The van der Waals surface area contributed by atoms with Gasteiger partial charge in [0, 0.05) is 13.1 Å². The Balaban J connectivity index is 2.16. The van der Waals surface area contributed by atoms with E-state index in [-0.39, 0.29) is 4.75 Å². The van der Waals surface area contributed by atoms with Crippen molar-refractivity contribution in [1.82, 2.24) is 15.5 Å². The van der Waals surface area contributed by atoms with Gasteiger partial charge in [-0.25, -0.2) is 0 Å². The first kappa shape index (κ1) is 9.98. The molecule has 1 aliphatic heterocycles. The second-order valence-corrected chi connectivity index (χ2v) is 5.45. The van der Waals surface area contributed by atoms with E-state index in [9.17, 15) is 0 Å². The van der Waals surface area contributed by atoms with Crippen LogP contribution < -0.4 is 5.32 Å². The van der Waals surface area contributed by atoms with Crippen molar-refractivity contribution in [3.8, 4) is 0 Å². The van der Waals surface area contributed by atoms with Crippen LogP contribution in [0.5, 0.6) is 0 Å². The smallest absolute Gasteiger partial charge is 0.232 e. The molecule has 4 nitrogen and oxygen atoms in total. The quantitative estimate of drug-likeness (QED) is 0.821. The highest BCUT2D eigenvalue weighted by Gasteiger charge is 2.30. The topological polar surface area (TPSA) is 51.0 Å². The van der Waals surface area contributed by atoms with Gasteiger partial charge in [0.2, 0.25) is 5.89 Å². The van der Waals surface area contributed by atoms with E-state index in [0.29, 0.717) is 5.92 Å². The molecule has 1 aromatic rings. The minimum Gasteiger partial charge on any atom is -0.339 e. The van der Waals surface area contributed by atoms with Crippen molar-refractivity contribution in [2.45, 2.75) is 24.5 Å². The van der Waals surface area contributed by atoms with Crippen LogP contribution in [-0.4, -0.2) is 29.5 Å². The van der Waals surface area contributed by atoms with Gasteiger partial charge in [-0.15, -0.1) is 0 Å². The third kappa shape index (κ3) is 1.66. The highest BCUT2D eigenvalue weighted by Crippen LogP contribution is 2.32. The summed E-state index contributed by atoms with van der Waals surface area (Å²) >= 11 is 1.73. The Morgan fingerprint density at radius 1 is 1.50 bits per heavy atom. The van der Waals surface area contributed by atoms with Crippen LogP contribution in [0, 0.1) is 0 Å². The summed E-state index contributed by atoms with van der Waals surface area (Å²) in [4.78, 5) is 4.44. The van der Waals surface area contributed by atoms with Crippen molar-refractivity contribution >= 4 is 11.8 Å². The van der Waals surface area contributed by atoms with Crippen LogP contribution in [-0.2, 0) is 4.75 Å². The molecule has 14 heavy (non-hydrogen) atoms. The maximum atomic E-state index is 5.24. The lowest BCUT2D eigenvalue weighted by atomic mass is 10.0. The van der Waals surface area contributed by atoms with Gasteiger partial charge in [0.15, 0.2) is 5.82 Å². The first-order valence-corrected chi connectivity index (χ1v) is 5.96. The van der Waals surface area contributed by atoms with Crippen LogP contribution in [0.25, 0.3) is 0 Å². The lowest BCUT2D eigenvalue weighted by Gasteiger charge is -2.23. The molecule has 0 bridgehead atoms. The van der Waals surface area contributed by atoms with Crippen LogP contribution >= 0.6 is 11.8 Å². The molecule has 78 valence electrons. The molecule has 1 saturated heterocycles. The van der Waals surface area contributed by atoms with E-state index in [1.165, 1.54) is 0 Å². The number of hydrogen-bond donors (Lipinski definition) is 1. The summed E-state index contributed by atoms with van der Waals surface area (Å²) < 4.78 is 5.19. The van der Waals surface area contributed by atoms with E-state index >= 15 is 0 Å². The molecule has 0 aliphatic carbocycles. The second kappa shape index (κ2) is 3.55. The van der Waals surface area contributed by atoms with Gasteiger partial charge < -0.3 is 9.84 Å². The van der Waals surface area contributed by atoms with Crippen molar-refractivity contribution in [2.75, 3.05) is 19.3 Å². The van der Waals surface area contributed by atoms with Crippen molar-refractivity contribution in [2.24, 2.45) is 0 Å². The molecular weight excluding hydrogens is 198 g/mol. The summed E-state index contributed by atoms with van der Waals surface area (Å²) in [6.45, 7) is 6.12. The molecule has 1 fully saturated rings. The third-order valence-electron chi connectivity index (χ3n) is 2.62. The minimum atomic E-state index is -0.0566. The fourth-order valence-electron chi connectivity index (χ4n) is 1.20. The van der Waals surface area contributed by atoms with Crippen LogP contribution in [0.3, 0.4) is 0 Å². The number of aromatic nitrogens is 2. The van der Waals surface area contributed by atoms with Crippen LogP contribution in [0.2, 0.25) is 0 Å². The molecule has 2 heterocycles. The first-order valence-electron chi connectivity index (χ1n) is 4.73. The van der Waals surface area contributed by atoms with Crippen LogP contribution in [0.4, 0.5) is 0 Å². The molecule has 0 unspecified atom stereocenters. The van der Waals surface area contributed by atoms with E-state index in [4.69, 9.17) is 4.52 Å². The summed E-state index contributed by atoms with van der Waals surface area (Å²) in [7, 11) is 0. The Hall–Kier alpha value is -0.550. The van der Waals surface area contributed by atoms with Gasteiger partial charge in [0.1, 0.15) is 0 Å². The van der Waals surface area contributed by atoms with Gasteiger partial charge in [-0.2, -0.15) is 16.7 Å². The first-order chi connectivity index (χ1) is 6.63. The molecule has 0 spiro atoms. The fourth-order valence-corrected chi connectivity index (χ4v) is 1.47. The van der Waals surface area contributed by atoms with Gasteiger partial charge in [-0.3, -0.25) is 0 Å².